The van der Waals surface area contributed by atoms with Gasteiger partial charge in [0, 0.05) is 19.4 Å². The Labute approximate surface area is 72.3 Å². The molecule has 12 heavy (non-hydrogen) atoms. The fraction of sp³-hybridized carbons (Fsp3) is 0.778. The van der Waals surface area contributed by atoms with Crippen LogP contribution in [0.25, 0.3) is 0 Å². The van der Waals surface area contributed by atoms with Gasteiger partial charge in [0.15, 0.2) is 0 Å². The molecule has 3 heteroatoms. The number of Topliss-reactive ketones (excluding diaryl/α,β-unsaturated/α-hetero) is 1. The van der Waals surface area contributed by atoms with Gasteiger partial charge in [-0.15, -0.1) is 0 Å². The van der Waals surface area contributed by atoms with Crippen molar-refractivity contribution in [3.05, 3.63) is 0 Å². The first-order valence-electron chi connectivity index (χ1n) is 4.19. The number of hydrogen-bond donors (Lipinski definition) is 0. The number of ketones is 1. The normalized spacial score (nSPS) is 22.6. The van der Waals surface area contributed by atoms with E-state index >= 15 is 0 Å². The van der Waals surface area contributed by atoms with E-state index in [-0.39, 0.29) is 11.9 Å². The molecule has 0 aromatic heterocycles. The molecule has 1 rings (SSSR count). The van der Waals surface area contributed by atoms with E-state index in [0.717, 1.165) is 0 Å². The zero-order valence-electron chi connectivity index (χ0n) is 7.46. The number of ether oxygens (including phenoxy) is 1. The number of rotatable bonds is 3. The van der Waals surface area contributed by atoms with E-state index in [1.54, 1.807) is 0 Å². The first-order valence-corrected chi connectivity index (χ1v) is 4.19. The predicted octanol–water partition coefficient (Wildman–Crippen LogP) is 1.28. The molecule has 1 atom stereocenters. The molecular formula is C9H13NO2. The quantitative estimate of drug-likeness (QED) is 0.636. The monoisotopic (exact) mass is 167 g/mol. The Bertz CT molecular complexity index is 221. The van der Waals surface area contributed by atoms with E-state index in [4.69, 9.17) is 10.00 Å². The van der Waals surface area contributed by atoms with Crippen molar-refractivity contribution < 1.29 is 9.53 Å². The predicted molar refractivity (Wildman–Crippen MR) is 43.4 cm³/mol. The molecule has 0 aliphatic heterocycles. The third-order valence-electron chi connectivity index (χ3n) is 2.44. The van der Waals surface area contributed by atoms with E-state index in [1.165, 1.54) is 0 Å². The molecule has 0 saturated heterocycles. The maximum atomic E-state index is 10.8. The SMILES string of the molecule is CCOC(C)C1(C#N)CC(=O)C1. The van der Waals surface area contributed by atoms with Crippen molar-refractivity contribution in [3.8, 4) is 6.07 Å². The summed E-state index contributed by atoms with van der Waals surface area (Å²) in [7, 11) is 0. The Morgan fingerprint density at radius 1 is 1.75 bits per heavy atom. The maximum absolute atomic E-state index is 10.8. The van der Waals surface area contributed by atoms with Gasteiger partial charge in [0.25, 0.3) is 0 Å². The minimum absolute atomic E-state index is 0.120. The van der Waals surface area contributed by atoms with Gasteiger partial charge >= 0.3 is 0 Å². The Kier molecular flexibility index (Phi) is 2.49. The molecule has 1 unspecified atom stereocenters. The number of carbonyl (C=O) groups excluding carboxylic acids is 1. The zero-order chi connectivity index (χ0) is 9.19. The third-order valence-corrected chi connectivity index (χ3v) is 2.44. The molecular weight excluding hydrogens is 154 g/mol. The highest BCUT2D eigenvalue weighted by Crippen LogP contribution is 2.41. The largest absolute Gasteiger partial charge is 0.377 e. The van der Waals surface area contributed by atoms with Crippen LogP contribution < -0.4 is 0 Å². The Morgan fingerprint density at radius 2 is 2.33 bits per heavy atom. The first kappa shape index (κ1) is 9.21. The maximum Gasteiger partial charge on any atom is 0.136 e. The molecule has 0 bridgehead atoms. The number of hydrogen-bond acceptors (Lipinski definition) is 3. The zero-order valence-corrected chi connectivity index (χ0v) is 7.46. The smallest absolute Gasteiger partial charge is 0.136 e. The summed E-state index contributed by atoms with van der Waals surface area (Å²) in [6.45, 7) is 4.35. The topological polar surface area (TPSA) is 50.1 Å². The second-order valence-corrected chi connectivity index (χ2v) is 3.26. The second-order valence-electron chi connectivity index (χ2n) is 3.26. The van der Waals surface area contributed by atoms with Gasteiger partial charge in [-0.25, -0.2) is 0 Å². The fourth-order valence-electron chi connectivity index (χ4n) is 1.52. The van der Waals surface area contributed by atoms with Crippen LogP contribution in [0.5, 0.6) is 0 Å². The molecule has 0 N–H and O–H groups in total. The van der Waals surface area contributed by atoms with Crippen LogP contribution in [0.3, 0.4) is 0 Å². The second kappa shape index (κ2) is 3.24. The summed E-state index contributed by atoms with van der Waals surface area (Å²) in [4.78, 5) is 10.8. The summed E-state index contributed by atoms with van der Waals surface area (Å²) in [5.74, 6) is 0.170. The van der Waals surface area contributed by atoms with Gasteiger partial charge in [-0.05, 0) is 13.8 Å². The lowest BCUT2D eigenvalue weighted by molar-refractivity contribution is -0.137. The first-order chi connectivity index (χ1) is 5.64. The van der Waals surface area contributed by atoms with Gasteiger partial charge in [0.2, 0.25) is 0 Å². The fourth-order valence-corrected chi connectivity index (χ4v) is 1.52. The van der Waals surface area contributed by atoms with Crippen LogP contribution in [0.4, 0.5) is 0 Å². The number of carbonyl (C=O) groups is 1. The number of nitrogens with zero attached hydrogens (tertiary/aromatic N) is 1. The van der Waals surface area contributed by atoms with Crippen molar-refractivity contribution >= 4 is 5.78 Å². The van der Waals surface area contributed by atoms with Crippen molar-refractivity contribution in [2.45, 2.75) is 32.8 Å². The lowest BCUT2D eigenvalue weighted by Crippen LogP contribution is -2.45. The van der Waals surface area contributed by atoms with E-state index in [1.807, 2.05) is 13.8 Å². The summed E-state index contributed by atoms with van der Waals surface area (Å²) < 4.78 is 5.31. The average molecular weight is 167 g/mol. The van der Waals surface area contributed by atoms with Crippen LogP contribution >= 0.6 is 0 Å². The molecule has 0 amide bonds. The number of nitriles is 1. The van der Waals surface area contributed by atoms with Gasteiger partial charge in [-0.2, -0.15) is 5.26 Å². The van der Waals surface area contributed by atoms with Gasteiger partial charge in [0.1, 0.15) is 5.78 Å². The molecule has 1 aliphatic rings. The molecule has 0 radical (unpaired) electrons. The summed E-state index contributed by atoms with van der Waals surface area (Å²) in [5, 5.41) is 8.87. The molecule has 0 aromatic carbocycles. The molecule has 1 aliphatic carbocycles. The van der Waals surface area contributed by atoms with Crippen molar-refractivity contribution in [1.29, 1.82) is 5.26 Å². The van der Waals surface area contributed by atoms with Gasteiger partial charge < -0.3 is 4.74 Å². The summed E-state index contributed by atoms with van der Waals surface area (Å²) in [5.41, 5.74) is -0.521. The molecule has 1 saturated carbocycles. The summed E-state index contributed by atoms with van der Waals surface area (Å²) in [6, 6.07) is 2.18. The highest BCUT2D eigenvalue weighted by Gasteiger charge is 2.48. The van der Waals surface area contributed by atoms with E-state index < -0.39 is 5.41 Å². The van der Waals surface area contributed by atoms with Gasteiger partial charge in [-0.1, -0.05) is 0 Å². The van der Waals surface area contributed by atoms with Crippen LogP contribution in [0, 0.1) is 16.7 Å². The summed E-state index contributed by atoms with van der Waals surface area (Å²) >= 11 is 0. The van der Waals surface area contributed by atoms with Crippen LogP contribution in [0.1, 0.15) is 26.7 Å². The highest BCUT2D eigenvalue weighted by atomic mass is 16.5. The standard InChI is InChI=1S/C9H13NO2/c1-3-12-7(2)9(6-10)4-8(11)5-9/h7H,3-5H2,1-2H3. The van der Waals surface area contributed by atoms with Gasteiger partial charge in [-0.3, -0.25) is 4.79 Å². The Balaban J connectivity index is 2.58. The third kappa shape index (κ3) is 1.35. The van der Waals surface area contributed by atoms with Crippen molar-refractivity contribution in [1.82, 2.24) is 0 Å². The molecule has 1 fully saturated rings. The van der Waals surface area contributed by atoms with Gasteiger partial charge in [0.05, 0.1) is 17.6 Å². The van der Waals surface area contributed by atoms with Crippen molar-refractivity contribution in [3.63, 3.8) is 0 Å². The molecule has 0 spiro atoms. The van der Waals surface area contributed by atoms with Crippen molar-refractivity contribution in [2.75, 3.05) is 6.61 Å². The molecule has 3 nitrogen and oxygen atoms in total. The highest BCUT2D eigenvalue weighted by molar-refractivity contribution is 5.87. The molecule has 0 heterocycles. The Hall–Kier alpha value is -0.880. The van der Waals surface area contributed by atoms with Crippen LogP contribution in [-0.4, -0.2) is 18.5 Å². The van der Waals surface area contributed by atoms with Crippen LogP contribution in [0.15, 0.2) is 0 Å². The molecule has 0 aromatic rings. The van der Waals surface area contributed by atoms with E-state index in [0.29, 0.717) is 19.4 Å². The average Bonchev–Trinajstić information content (AvgIpc) is 1.98. The minimum atomic E-state index is -0.521. The summed E-state index contributed by atoms with van der Waals surface area (Å²) in [6.07, 6.45) is 0.611. The van der Waals surface area contributed by atoms with Crippen LogP contribution in [-0.2, 0) is 9.53 Å². The van der Waals surface area contributed by atoms with Crippen LogP contribution in [0.2, 0.25) is 0 Å². The minimum Gasteiger partial charge on any atom is -0.377 e. The molecule has 66 valence electrons. The lowest BCUT2D eigenvalue weighted by Gasteiger charge is -2.38. The van der Waals surface area contributed by atoms with Crippen molar-refractivity contribution in [2.24, 2.45) is 5.41 Å². The van der Waals surface area contributed by atoms with E-state index in [9.17, 15) is 4.79 Å². The Morgan fingerprint density at radius 3 is 2.67 bits per heavy atom. The lowest BCUT2D eigenvalue weighted by atomic mass is 9.65. The van der Waals surface area contributed by atoms with E-state index in [2.05, 4.69) is 6.07 Å².